The fraction of sp³-hybridized carbons (Fsp3) is 0.500. The largest absolute Gasteiger partial charge is 0.147 e. The van der Waals surface area contributed by atoms with E-state index in [2.05, 4.69) is 51.3 Å². The third kappa shape index (κ3) is 4.88. The van der Waals surface area contributed by atoms with Crippen LogP contribution in [0.5, 0.6) is 0 Å². The summed E-state index contributed by atoms with van der Waals surface area (Å²) in [6.07, 6.45) is 0.989. The van der Waals surface area contributed by atoms with Crippen molar-refractivity contribution in [2.24, 2.45) is 0 Å². The van der Waals surface area contributed by atoms with Gasteiger partial charge in [0.25, 0.3) is 0 Å². The second-order valence-corrected chi connectivity index (χ2v) is 9.66. The molecule has 1 atom stereocenters. The minimum Gasteiger partial charge on any atom is -0.147 e. The molecule has 1 amide bonds. The first-order valence-corrected chi connectivity index (χ1v) is 12.2. The van der Waals surface area contributed by atoms with Crippen molar-refractivity contribution in [2.45, 2.75) is 13.0 Å². The Morgan fingerprint density at radius 1 is 0.938 bits per heavy atom. The van der Waals surface area contributed by atoms with Crippen LogP contribution in [0.2, 0.25) is 0 Å². The van der Waals surface area contributed by atoms with E-state index in [1.807, 2.05) is 4.90 Å². The van der Waals surface area contributed by atoms with E-state index >= 15 is 0 Å². The zero-order valence-corrected chi connectivity index (χ0v) is 21.7. The maximum absolute atomic E-state index is 12.3. The van der Waals surface area contributed by atoms with Crippen LogP contribution in [-0.2, 0) is 17.8 Å². The molecule has 4 heterocycles. The number of carbonyl (C=O) groups is 1. The number of nitrogens with one attached hydrogen (secondary N) is 1. The molecule has 0 spiro atoms. The summed E-state index contributed by atoms with van der Waals surface area (Å²) in [5.41, 5.74) is 3.67. The van der Waals surface area contributed by atoms with Crippen molar-refractivity contribution >= 4 is 57.1 Å². The summed E-state index contributed by atoms with van der Waals surface area (Å²) in [4.78, 5) is 30.9. The zero-order chi connectivity index (χ0) is 21.4. The van der Waals surface area contributed by atoms with Gasteiger partial charge in [0.05, 0.1) is 0 Å². The van der Waals surface area contributed by atoms with Crippen LogP contribution in [0.1, 0.15) is 11.1 Å². The minimum atomic E-state index is 0. The van der Waals surface area contributed by atoms with Crippen LogP contribution in [0.15, 0.2) is 24.3 Å². The molecule has 3 aliphatic heterocycles. The predicted molar refractivity (Wildman–Crippen MR) is 134 cm³/mol. The molecule has 0 saturated carbocycles. The Bertz CT molecular complexity index is 983. The summed E-state index contributed by atoms with van der Waals surface area (Å²) >= 11 is 1.47. The van der Waals surface area contributed by atoms with Gasteiger partial charge in [0.15, 0.2) is 0 Å². The number of fused-ring (bicyclic) bond motifs is 1. The Hall–Kier alpha value is -1.86. The molecule has 2 fully saturated rings. The van der Waals surface area contributed by atoms with Gasteiger partial charge in [-0.1, -0.05) is 0 Å². The summed E-state index contributed by atoms with van der Waals surface area (Å²) < 4.78 is 0.880. The molecule has 0 radical (unpaired) electrons. The fourth-order valence-electron chi connectivity index (χ4n) is 4.59. The van der Waals surface area contributed by atoms with E-state index in [0.29, 0.717) is 6.54 Å². The van der Waals surface area contributed by atoms with Crippen molar-refractivity contribution in [3.63, 3.8) is 0 Å². The molecule has 3 aliphatic rings. The van der Waals surface area contributed by atoms with Crippen molar-refractivity contribution in [3.05, 3.63) is 35.4 Å². The maximum Gasteiger partial charge on any atom is -0.147 e. The van der Waals surface area contributed by atoms with Gasteiger partial charge in [0.2, 0.25) is 0 Å². The molecular weight excluding hydrogens is 489 g/mol. The molecule has 0 aliphatic carbocycles. The first-order valence-electron chi connectivity index (χ1n) is 11.0. The van der Waals surface area contributed by atoms with Gasteiger partial charge in [0, 0.05) is 0 Å². The molecule has 1 aromatic heterocycles. The van der Waals surface area contributed by atoms with Crippen LogP contribution in [0.4, 0.5) is 17.3 Å². The van der Waals surface area contributed by atoms with Gasteiger partial charge >= 0.3 is 192 Å². The van der Waals surface area contributed by atoms with Crippen molar-refractivity contribution < 1.29 is 4.79 Å². The second kappa shape index (κ2) is 9.96. The number of hydrogen-bond acceptors (Lipinski definition) is 7. The van der Waals surface area contributed by atoms with Crippen LogP contribution < -0.4 is 24.6 Å². The topological polar surface area (TPSA) is 67.8 Å². The van der Waals surface area contributed by atoms with Gasteiger partial charge in [-0.2, -0.15) is 0 Å². The molecular formula is C22H31AsClN7O. The fourth-order valence-corrected chi connectivity index (χ4v) is 5.14. The number of aromatic nitrogens is 2. The Labute approximate surface area is 204 Å². The van der Waals surface area contributed by atoms with E-state index in [1.165, 1.54) is 28.0 Å². The van der Waals surface area contributed by atoms with Crippen LogP contribution in [-0.4, -0.2) is 97.0 Å². The number of amides is 1. The SMILES string of the molecule is CN1CCN(c2cc(N3CCc4ccc(N5CCNCC5=O)cc4C3)nc([AsH2])n2)CC1.Cl. The van der Waals surface area contributed by atoms with Crippen LogP contribution >= 0.6 is 12.4 Å². The number of piperazine rings is 2. The van der Waals surface area contributed by atoms with Gasteiger partial charge in [0.1, 0.15) is 0 Å². The molecule has 8 nitrogen and oxygen atoms in total. The second-order valence-electron chi connectivity index (χ2n) is 8.58. The zero-order valence-electron chi connectivity index (χ0n) is 18.5. The van der Waals surface area contributed by atoms with E-state index in [1.54, 1.807) is 0 Å². The van der Waals surface area contributed by atoms with Crippen LogP contribution in [0, 0.1) is 0 Å². The molecule has 1 unspecified atom stereocenters. The van der Waals surface area contributed by atoms with Gasteiger partial charge in [-0.15, -0.1) is 12.4 Å². The molecule has 1 N–H and O–H groups in total. The molecule has 5 rings (SSSR count). The Morgan fingerprint density at radius 3 is 2.44 bits per heavy atom. The Kier molecular flexibility index (Phi) is 7.25. The standard InChI is InChI=1S/C22H30AsN7O.ClH/c1-27-8-10-28(11-9-27)19-13-20(26-22(23)25-19)29-6-4-16-2-3-18(12-17(16)15-29)30-7-5-24-14-21(30)31;/h2-3,12-13,24H,4-11,14-15,23H2,1H3;1H. The first kappa shape index (κ1) is 23.3. The van der Waals surface area contributed by atoms with E-state index in [4.69, 9.17) is 9.97 Å². The van der Waals surface area contributed by atoms with E-state index in [0.717, 1.165) is 80.7 Å². The van der Waals surface area contributed by atoms with Gasteiger partial charge < -0.3 is 0 Å². The Balaban J connectivity index is 0.00000245. The summed E-state index contributed by atoms with van der Waals surface area (Å²) in [5, 5.41) is 3.15. The van der Waals surface area contributed by atoms with Gasteiger partial charge in [-0.25, -0.2) is 0 Å². The summed E-state index contributed by atoms with van der Waals surface area (Å²) in [6.45, 7) is 7.88. The van der Waals surface area contributed by atoms with Crippen molar-refractivity contribution in [1.82, 2.24) is 20.2 Å². The molecule has 2 aromatic rings. The number of likely N-dealkylation sites (N-methyl/N-ethyl adjacent to an activating group) is 1. The predicted octanol–water partition coefficient (Wildman–Crippen LogP) is -0.592. The number of anilines is 3. The van der Waals surface area contributed by atoms with E-state index < -0.39 is 0 Å². The average Bonchev–Trinajstić information content (AvgIpc) is 2.79. The summed E-state index contributed by atoms with van der Waals surface area (Å²) in [7, 11) is 2.17. The smallest absolute Gasteiger partial charge is 0.147 e. The van der Waals surface area contributed by atoms with Gasteiger partial charge in [-0.3, -0.25) is 0 Å². The van der Waals surface area contributed by atoms with Crippen molar-refractivity contribution in [1.29, 1.82) is 0 Å². The number of nitrogens with zero attached hydrogens (tertiary/aromatic N) is 6. The number of rotatable bonds is 3. The number of hydrogen-bond donors (Lipinski definition) is 1. The number of benzene rings is 1. The maximum atomic E-state index is 12.3. The van der Waals surface area contributed by atoms with Crippen molar-refractivity contribution in [3.8, 4) is 0 Å². The normalized spacial score (nSPS) is 19.6. The van der Waals surface area contributed by atoms with Crippen LogP contribution in [0.3, 0.4) is 0 Å². The van der Waals surface area contributed by atoms with Gasteiger partial charge in [-0.05, 0) is 0 Å². The third-order valence-electron chi connectivity index (χ3n) is 6.47. The quantitative estimate of drug-likeness (QED) is 0.544. The number of carbonyl (C=O) groups excluding carboxylic acids is 1. The molecule has 10 heteroatoms. The molecule has 1 aromatic carbocycles. The first-order chi connectivity index (χ1) is 15.1. The van der Waals surface area contributed by atoms with Crippen molar-refractivity contribution in [2.75, 3.05) is 74.1 Å². The minimum absolute atomic E-state index is 0. The number of halogens is 1. The monoisotopic (exact) mass is 519 g/mol. The average molecular weight is 520 g/mol. The van der Waals surface area contributed by atoms with Crippen LogP contribution in [0.25, 0.3) is 0 Å². The molecule has 2 saturated heterocycles. The molecule has 172 valence electrons. The molecule has 0 bridgehead atoms. The van der Waals surface area contributed by atoms with E-state index in [9.17, 15) is 4.79 Å². The summed E-state index contributed by atoms with van der Waals surface area (Å²) in [6, 6.07) is 8.65. The Morgan fingerprint density at radius 2 is 1.69 bits per heavy atom. The summed E-state index contributed by atoms with van der Waals surface area (Å²) in [5.74, 6) is 2.20. The third-order valence-corrected chi connectivity index (χ3v) is 7.01. The van der Waals surface area contributed by atoms with E-state index in [-0.39, 0.29) is 18.3 Å². The molecule has 32 heavy (non-hydrogen) atoms.